The maximum absolute atomic E-state index is 13.3. The van der Waals surface area contributed by atoms with Crippen molar-refractivity contribution >= 4 is 34.7 Å². The van der Waals surface area contributed by atoms with Gasteiger partial charge >= 0.3 is 5.97 Å². The van der Waals surface area contributed by atoms with Crippen molar-refractivity contribution in [2.75, 3.05) is 0 Å². The van der Waals surface area contributed by atoms with Gasteiger partial charge in [0.25, 0.3) is 5.91 Å². The SMILES string of the molecule is CC(=O)S[C@@](CC(C)C)(NC(=O)CC(C)C)C(=O)N[C@@H](Cc1ccccc1)C(=O)O. The zero-order chi connectivity index (χ0) is 22.9. The standard InChI is InChI=1S/C22H32N2O5S/c1-14(2)11-19(26)24-22(13-15(3)4,30-16(5)25)21(29)23-18(20(27)28)12-17-9-7-6-8-10-17/h6-10,14-15,18H,11-13H2,1-5H3,(H,23,29)(H,24,26)(H,27,28)/t18-,22+/m0/s1. The molecule has 2 atom stereocenters. The molecule has 1 rings (SSSR count). The summed E-state index contributed by atoms with van der Waals surface area (Å²) in [5.41, 5.74) is 0.753. The first-order valence-corrected chi connectivity index (χ1v) is 10.8. The van der Waals surface area contributed by atoms with E-state index in [1.54, 1.807) is 24.3 Å². The van der Waals surface area contributed by atoms with E-state index in [4.69, 9.17) is 0 Å². The van der Waals surface area contributed by atoms with Crippen LogP contribution in [0.15, 0.2) is 30.3 Å². The van der Waals surface area contributed by atoms with Crippen LogP contribution >= 0.6 is 11.8 Å². The number of hydrogen-bond acceptors (Lipinski definition) is 5. The molecule has 0 bridgehead atoms. The molecule has 0 aromatic heterocycles. The number of carboxylic acid groups (broad SMARTS) is 1. The molecule has 0 spiro atoms. The van der Waals surface area contributed by atoms with Gasteiger partial charge in [0.2, 0.25) is 5.91 Å². The molecule has 0 aliphatic heterocycles. The summed E-state index contributed by atoms with van der Waals surface area (Å²) in [4.78, 5) is 48.0. The van der Waals surface area contributed by atoms with Crippen LogP contribution in [0.25, 0.3) is 0 Å². The molecule has 0 radical (unpaired) electrons. The van der Waals surface area contributed by atoms with Crippen molar-refractivity contribution in [3.63, 3.8) is 0 Å². The van der Waals surface area contributed by atoms with E-state index in [9.17, 15) is 24.3 Å². The van der Waals surface area contributed by atoms with Crippen molar-refractivity contribution in [3.8, 4) is 0 Å². The Morgan fingerprint density at radius 2 is 1.63 bits per heavy atom. The lowest BCUT2D eigenvalue weighted by Gasteiger charge is -2.34. The summed E-state index contributed by atoms with van der Waals surface area (Å²) in [5, 5.41) is 14.6. The number of carbonyl (C=O) groups is 4. The van der Waals surface area contributed by atoms with Gasteiger partial charge in [0.15, 0.2) is 9.99 Å². The summed E-state index contributed by atoms with van der Waals surface area (Å²) in [7, 11) is 0. The lowest BCUT2D eigenvalue weighted by molar-refractivity contribution is -0.142. The second-order valence-electron chi connectivity index (χ2n) is 8.22. The van der Waals surface area contributed by atoms with Crippen molar-refractivity contribution in [1.29, 1.82) is 0 Å². The third-order valence-electron chi connectivity index (χ3n) is 4.20. The normalized spacial score (nSPS) is 14.1. The zero-order valence-electron chi connectivity index (χ0n) is 18.2. The average molecular weight is 437 g/mol. The van der Waals surface area contributed by atoms with E-state index in [2.05, 4.69) is 10.6 Å². The van der Waals surface area contributed by atoms with Gasteiger partial charge in [-0.3, -0.25) is 14.4 Å². The van der Waals surface area contributed by atoms with Crippen LogP contribution in [-0.4, -0.2) is 38.9 Å². The highest BCUT2D eigenvalue weighted by molar-refractivity contribution is 8.15. The van der Waals surface area contributed by atoms with Crippen LogP contribution < -0.4 is 10.6 Å². The quantitative estimate of drug-likeness (QED) is 0.460. The number of amides is 2. The number of rotatable bonds is 11. The molecule has 1 aromatic carbocycles. The molecule has 8 heteroatoms. The molecule has 0 unspecified atom stereocenters. The number of benzene rings is 1. The van der Waals surface area contributed by atoms with Gasteiger partial charge in [-0.1, -0.05) is 69.8 Å². The van der Waals surface area contributed by atoms with E-state index < -0.39 is 22.8 Å². The minimum atomic E-state index is -1.57. The van der Waals surface area contributed by atoms with Crippen LogP contribution in [0.1, 0.15) is 53.0 Å². The molecule has 1 aromatic rings. The van der Waals surface area contributed by atoms with E-state index >= 15 is 0 Å². The highest BCUT2D eigenvalue weighted by Gasteiger charge is 2.44. The molecule has 0 saturated carbocycles. The molecular weight excluding hydrogens is 404 g/mol. The summed E-state index contributed by atoms with van der Waals surface area (Å²) >= 11 is 0.723. The number of thioether (sulfide) groups is 1. The van der Waals surface area contributed by atoms with Crippen molar-refractivity contribution < 1.29 is 24.3 Å². The van der Waals surface area contributed by atoms with E-state index in [1.165, 1.54) is 6.92 Å². The van der Waals surface area contributed by atoms with Gasteiger partial charge in [0, 0.05) is 19.8 Å². The summed E-state index contributed by atoms with van der Waals surface area (Å²) in [6, 6.07) is 7.75. The molecule has 0 aliphatic carbocycles. The smallest absolute Gasteiger partial charge is 0.326 e. The molecule has 0 heterocycles. The van der Waals surface area contributed by atoms with Crippen molar-refractivity contribution in [2.24, 2.45) is 11.8 Å². The first kappa shape index (κ1) is 25.7. The van der Waals surface area contributed by atoms with Crippen molar-refractivity contribution in [2.45, 2.75) is 64.8 Å². The number of carboxylic acids is 1. The van der Waals surface area contributed by atoms with E-state index in [0.717, 1.165) is 17.3 Å². The number of hydrogen-bond donors (Lipinski definition) is 3. The van der Waals surface area contributed by atoms with E-state index in [1.807, 2.05) is 33.8 Å². The zero-order valence-corrected chi connectivity index (χ0v) is 19.0. The summed E-state index contributed by atoms with van der Waals surface area (Å²) < 4.78 is 0. The van der Waals surface area contributed by atoms with Crippen LogP contribution in [-0.2, 0) is 25.6 Å². The van der Waals surface area contributed by atoms with Gasteiger partial charge in [-0.2, -0.15) is 0 Å². The third kappa shape index (κ3) is 8.57. The lowest BCUT2D eigenvalue weighted by Crippen LogP contribution is -2.60. The van der Waals surface area contributed by atoms with Crippen LogP contribution in [0.2, 0.25) is 0 Å². The fourth-order valence-corrected chi connectivity index (χ4v) is 4.33. The highest BCUT2D eigenvalue weighted by atomic mass is 32.2. The highest BCUT2D eigenvalue weighted by Crippen LogP contribution is 2.31. The average Bonchev–Trinajstić information content (AvgIpc) is 2.59. The Kier molecular flexibility index (Phi) is 10.0. The van der Waals surface area contributed by atoms with E-state index in [-0.39, 0.29) is 42.1 Å². The Morgan fingerprint density at radius 1 is 1.03 bits per heavy atom. The summed E-state index contributed by atoms with van der Waals surface area (Å²) in [6.07, 6.45) is 0.465. The Hall–Kier alpha value is -2.35. The first-order valence-electron chi connectivity index (χ1n) is 10.0. The minimum absolute atomic E-state index is 0.0284. The maximum Gasteiger partial charge on any atom is 0.326 e. The number of carbonyl (C=O) groups excluding carboxylic acids is 3. The van der Waals surface area contributed by atoms with Gasteiger partial charge < -0.3 is 15.7 Å². The second-order valence-corrected chi connectivity index (χ2v) is 9.69. The van der Waals surface area contributed by atoms with Crippen molar-refractivity contribution in [3.05, 3.63) is 35.9 Å². The van der Waals surface area contributed by atoms with Gasteiger partial charge in [0.05, 0.1) is 0 Å². The first-order chi connectivity index (χ1) is 13.9. The Balaban J connectivity index is 3.20. The fraction of sp³-hybridized carbons (Fsp3) is 0.545. The van der Waals surface area contributed by atoms with Gasteiger partial charge in [0.1, 0.15) is 6.04 Å². The van der Waals surface area contributed by atoms with Crippen LogP contribution in [0.5, 0.6) is 0 Å². The predicted molar refractivity (Wildman–Crippen MR) is 118 cm³/mol. The molecule has 7 nitrogen and oxygen atoms in total. The van der Waals surface area contributed by atoms with Crippen LogP contribution in [0.4, 0.5) is 0 Å². The third-order valence-corrected chi connectivity index (χ3v) is 5.29. The summed E-state index contributed by atoms with van der Waals surface area (Å²) in [5.74, 6) is -2.19. The molecule has 0 aliphatic rings. The monoisotopic (exact) mass is 436 g/mol. The van der Waals surface area contributed by atoms with Gasteiger partial charge in [-0.05, 0) is 23.8 Å². The largest absolute Gasteiger partial charge is 0.480 e. The van der Waals surface area contributed by atoms with E-state index in [0.29, 0.717) is 0 Å². The maximum atomic E-state index is 13.3. The Morgan fingerprint density at radius 3 is 2.10 bits per heavy atom. The second kappa shape index (κ2) is 11.7. The summed E-state index contributed by atoms with van der Waals surface area (Å²) in [6.45, 7) is 8.82. The number of nitrogens with one attached hydrogen (secondary N) is 2. The molecule has 0 fully saturated rings. The van der Waals surface area contributed by atoms with Gasteiger partial charge in [-0.15, -0.1) is 0 Å². The Labute approximate surface area is 182 Å². The molecule has 3 N–H and O–H groups in total. The molecule has 0 saturated heterocycles. The van der Waals surface area contributed by atoms with Crippen molar-refractivity contribution in [1.82, 2.24) is 10.6 Å². The van der Waals surface area contributed by atoms with Gasteiger partial charge in [-0.25, -0.2) is 4.79 Å². The predicted octanol–water partition coefficient (Wildman–Crippen LogP) is 2.98. The minimum Gasteiger partial charge on any atom is -0.480 e. The lowest BCUT2D eigenvalue weighted by atomic mass is 10.00. The fourth-order valence-electron chi connectivity index (χ4n) is 3.11. The Bertz CT molecular complexity index is 751. The molecule has 2 amide bonds. The topological polar surface area (TPSA) is 113 Å². The van der Waals surface area contributed by atoms with Crippen LogP contribution in [0.3, 0.4) is 0 Å². The molecule has 30 heavy (non-hydrogen) atoms. The molecule has 166 valence electrons. The number of aliphatic carboxylic acids is 1. The van der Waals surface area contributed by atoms with Crippen LogP contribution in [0, 0.1) is 11.8 Å². The molecular formula is C22H32N2O5S.